The second kappa shape index (κ2) is 17.8. The number of hydrogen-bond donors (Lipinski definition) is 2. The van der Waals surface area contributed by atoms with E-state index < -0.39 is 0 Å². The Balaban J connectivity index is 2.01. The summed E-state index contributed by atoms with van der Waals surface area (Å²) in [5.41, 5.74) is 8.29. The van der Waals surface area contributed by atoms with Crippen molar-refractivity contribution in [2.45, 2.75) is 64.7 Å². The average molecular weight is 629 g/mol. The highest BCUT2D eigenvalue weighted by Gasteiger charge is 2.18. The van der Waals surface area contributed by atoms with Crippen LogP contribution in [0.15, 0.2) is 71.8 Å². The van der Waals surface area contributed by atoms with Crippen LogP contribution in [0.3, 0.4) is 0 Å². The Morgan fingerprint density at radius 2 is 1.84 bits per heavy atom. The van der Waals surface area contributed by atoms with E-state index in [1.807, 2.05) is 31.6 Å². The van der Waals surface area contributed by atoms with Crippen molar-refractivity contribution in [1.82, 2.24) is 14.9 Å². The molecule has 1 aromatic heterocycles. The minimum absolute atomic E-state index is 0.258. The number of anilines is 4. The lowest BCUT2D eigenvalue weighted by atomic mass is 9.91. The lowest BCUT2D eigenvalue weighted by Crippen LogP contribution is -2.29. The third-order valence-electron chi connectivity index (χ3n) is 8.25. The van der Waals surface area contributed by atoms with Crippen LogP contribution in [0.4, 0.5) is 23.0 Å². The number of allylic oxidation sites excluding steroid dienone is 1. The summed E-state index contributed by atoms with van der Waals surface area (Å²) in [5.74, 6) is 1.02. The van der Waals surface area contributed by atoms with Crippen molar-refractivity contribution in [3.05, 3.63) is 83.7 Å². The monoisotopic (exact) mass is 628 g/mol. The predicted molar refractivity (Wildman–Crippen MR) is 195 cm³/mol. The molecule has 0 aliphatic heterocycles. The van der Waals surface area contributed by atoms with Gasteiger partial charge in [0, 0.05) is 36.8 Å². The highest BCUT2D eigenvalue weighted by atomic mass is 32.2. The summed E-state index contributed by atoms with van der Waals surface area (Å²) in [6, 6.07) is 14.6. The molecule has 3 aromatic rings. The van der Waals surface area contributed by atoms with Crippen molar-refractivity contribution in [2.24, 2.45) is 5.92 Å². The number of benzene rings is 2. The fraction of sp³-hybridized carbons (Fsp3) is 0.432. The Hall–Kier alpha value is -3.62. The summed E-state index contributed by atoms with van der Waals surface area (Å²) in [4.78, 5) is 27.4. The fourth-order valence-corrected chi connectivity index (χ4v) is 5.80. The van der Waals surface area contributed by atoms with Crippen LogP contribution in [0.2, 0.25) is 0 Å². The maximum Gasteiger partial charge on any atom is 0.247 e. The van der Waals surface area contributed by atoms with Gasteiger partial charge in [0.25, 0.3) is 0 Å². The van der Waals surface area contributed by atoms with Crippen LogP contribution in [-0.4, -0.2) is 61.3 Å². The topological polar surface area (TPSA) is 73.4 Å². The number of nitrogens with one attached hydrogen (secondary N) is 2. The first-order chi connectivity index (χ1) is 21.6. The van der Waals surface area contributed by atoms with Gasteiger partial charge in [-0.2, -0.15) is 0 Å². The molecule has 1 heterocycles. The van der Waals surface area contributed by atoms with Crippen LogP contribution in [0, 0.1) is 12.8 Å². The van der Waals surface area contributed by atoms with Crippen LogP contribution >= 0.6 is 11.8 Å². The van der Waals surface area contributed by atoms with Gasteiger partial charge in [0.15, 0.2) is 0 Å². The first kappa shape index (κ1) is 35.9. The second-order valence-corrected chi connectivity index (χ2v) is 13.0. The summed E-state index contributed by atoms with van der Waals surface area (Å²) in [7, 11) is 6.15. The normalized spacial score (nSPS) is 12.5. The summed E-state index contributed by atoms with van der Waals surface area (Å²) < 4.78 is 0. The van der Waals surface area contributed by atoms with Gasteiger partial charge in [-0.1, -0.05) is 69.5 Å². The molecule has 242 valence electrons. The summed E-state index contributed by atoms with van der Waals surface area (Å²) in [6.45, 7) is 14.3. The van der Waals surface area contributed by atoms with Gasteiger partial charge in [-0.3, -0.25) is 4.79 Å². The number of unbranched alkanes of at least 4 members (excludes halogenated alkanes) is 1. The molecule has 1 amide bonds. The molecule has 0 radical (unpaired) electrons. The molecular formula is C37H52N6OS. The molecule has 3 rings (SSSR count). The molecule has 2 aromatic carbocycles. The van der Waals surface area contributed by atoms with Crippen molar-refractivity contribution >= 4 is 46.3 Å². The van der Waals surface area contributed by atoms with Crippen molar-refractivity contribution in [1.29, 1.82) is 0 Å². The molecule has 1 unspecified atom stereocenters. The first-order valence-electron chi connectivity index (χ1n) is 15.9. The highest BCUT2D eigenvalue weighted by molar-refractivity contribution is 7.98. The van der Waals surface area contributed by atoms with Crippen LogP contribution in [0.5, 0.6) is 0 Å². The lowest BCUT2D eigenvalue weighted by Gasteiger charge is -2.26. The van der Waals surface area contributed by atoms with E-state index in [0.717, 1.165) is 53.8 Å². The third kappa shape index (κ3) is 10.5. The summed E-state index contributed by atoms with van der Waals surface area (Å²) >= 11 is 1.64. The molecule has 0 bridgehead atoms. The Labute approximate surface area is 275 Å². The van der Waals surface area contributed by atoms with Gasteiger partial charge in [-0.15, -0.1) is 11.8 Å². The molecule has 45 heavy (non-hydrogen) atoms. The standard InChI is InChI=1S/C37H52N6OS/c1-10-26(3)16-12-13-18-28(5)36(29-19-15-14-17-27(29)4)30-20-21-38-37(40-30)41-32-24-31(39-35(44)11-2)33(25-34(32)45-9)43(8)23-22-42(6)7/h11,14-15,17,19-21,24-26H,2,10,12-13,16,18,22-23H2,1,3-9H3,(H,39,44)(H,38,40,41)/b36-28-. The van der Waals surface area contributed by atoms with Gasteiger partial charge >= 0.3 is 0 Å². The van der Waals surface area contributed by atoms with E-state index in [2.05, 4.69) is 104 Å². The number of aryl methyl sites for hydroxylation is 1. The van der Waals surface area contributed by atoms with Crippen molar-refractivity contribution in [2.75, 3.05) is 56.0 Å². The molecule has 8 heteroatoms. The molecule has 0 aliphatic carbocycles. The number of carbonyl (C=O) groups is 1. The zero-order valence-corrected chi connectivity index (χ0v) is 29.4. The third-order valence-corrected chi connectivity index (χ3v) is 9.03. The van der Waals surface area contributed by atoms with Crippen molar-refractivity contribution in [3.8, 4) is 0 Å². The maximum absolute atomic E-state index is 12.4. The number of aromatic nitrogens is 2. The first-order valence-corrected chi connectivity index (χ1v) is 17.2. The fourth-order valence-electron chi connectivity index (χ4n) is 5.24. The average Bonchev–Trinajstić information content (AvgIpc) is 3.03. The van der Waals surface area contributed by atoms with Gasteiger partial charge in [0.2, 0.25) is 11.9 Å². The smallest absolute Gasteiger partial charge is 0.247 e. The molecule has 0 aliphatic rings. The number of thioether (sulfide) groups is 1. The number of nitrogens with zero attached hydrogens (tertiary/aromatic N) is 4. The molecule has 1 atom stereocenters. The van der Waals surface area contributed by atoms with Gasteiger partial charge in [0.1, 0.15) is 0 Å². The Bertz CT molecular complexity index is 1470. The van der Waals surface area contributed by atoms with E-state index in [9.17, 15) is 4.79 Å². The Morgan fingerprint density at radius 3 is 2.51 bits per heavy atom. The zero-order chi connectivity index (χ0) is 32.9. The van der Waals surface area contributed by atoms with E-state index in [0.29, 0.717) is 11.6 Å². The SMILES string of the molecule is C=CC(=O)Nc1cc(Nc2nccc(/C(=C(/C)CCCCC(C)CC)c3ccccc3C)n2)c(SC)cc1N(C)CCN(C)C. The van der Waals surface area contributed by atoms with Gasteiger partial charge in [-0.25, -0.2) is 9.97 Å². The van der Waals surface area contributed by atoms with Crippen LogP contribution in [0.1, 0.15) is 69.7 Å². The minimum atomic E-state index is -0.258. The molecular weight excluding hydrogens is 577 g/mol. The van der Waals surface area contributed by atoms with E-state index in [-0.39, 0.29) is 5.91 Å². The number of rotatable bonds is 17. The van der Waals surface area contributed by atoms with E-state index in [1.165, 1.54) is 47.6 Å². The molecule has 0 spiro atoms. The number of likely N-dealkylation sites (N-methyl/N-ethyl adjacent to an activating group) is 2. The maximum atomic E-state index is 12.4. The molecule has 0 saturated heterocycles. The van der Waals surface area contributed by atoms with E-state index >= 15 is 0 Å². The van der Waals surface area contributed by atoms with Gasteiger partial charge < -0.3 is 20.4 Å². The number of carbonyl (C=O) groups excluding carboxylic acids is 1. The van der Waals surface area contributed by atoms with Crippen molar-refractivity contribution < 1.29 is 4.79 Å². The Kier molecular flexibility index (Phi) is 14.2. The minimum Gasteiger partial charge on any atom is -0.372 e. The van der Waals surface area contributed by atoms with Gasteiger partial charge in [0.05, 0.1) is 22.8 Å². The zero-order valence-electron chi connectivity index (χ0n) is 28.5. The quantitative estimate of drug-likeness (QED) is 0.0879. The van der Waals surface area contributed by atoms with Crippen LogP contribution < -0.4 is 15.5 Å². The van der Waals surface area contributed by atoms with Crippen molar-refractivity contribution in [3.63, 3.8) is 0 Å². The molecule has 7 nitrogen and oxygen atoms in total. The summed E-state index contributed by atoms with van der Waals surface area (Å²) in [5, 5.41) is 6.48. The second-order valence-electron chi connectivity index (χ2n) is 12.1. The lowest BCUT2D eigenvalue weighted by molar-refractivity contribution is -0.111. The largest absolute Gasteiger partial charge is 0.372 e. The van der Waals surface area contributed by atoms with Crippen LogP contribution in [0.25, 0.3) is 5.57 Å². The van der Waals surface area contributed by atoms with Gasteiger partial charge in [-0.05, 0) is 88.4 Å². The molecule has 2 N–H and O–H groups in total. The molecule has 0 saturated carbocycles. The number of amides is 1. The van der Waals surface area contributed by atoms with E-state index in [1.54, 1.807) is 11.8 Å². The Morgan fingerprint density at radius 1 is 1.09 bits per heavy atom. The van der Waals surface area contributed by atoms with E-state index in [4.69, 9.17) is 4.98 Å². The summed E-state index contributed by atoms with van der Waals surface area (Å²) in [6.07, 6.45) is 11.1. The predicted octanol–water partition coefficient (Wildman–Crippen LogP) is 8.80. The molecule has 0 fully saturated rings. The number of hydrogen-bond acceptors (Lipinski definition) is 7. The highest BCUT2D eigenvalue weighted by Crippen LogP contribution is 2.38. The van der Waals surface area contributed by atoms with Crippen LogP contribution in [-0.2, 0) is 4.79 Å².